The number of piperidine rings is 2. The van der Waals surface area contributed by atoms with E-state index in [2.05, 4.69) is 58.6 Å². The number of likely N-dealkylation sites (tertiary alicyclic amines) is 1. The second-order valence-corrected chi connectivity index (χ2v) is 15.4. The van der Waals surface area contributed by atoms with Gasteiger partial charge >= 0.3 is 5.69 Å². The Bertz CT molecular complexity index is 2090. The van der Waals surface area contributed by atoms with Crippen molar-refractivity contribution < 1.29 is 23.9 Å². The van der Waals surface area contributed by atoms with Gasteiger partial charge in [-0.05, 0) is 137 Å². The zero-order valence-electron chi connectivity index (χ0n) is 32.1. The highest BCUT2D eigenvalue weighted by Gasteiger charge is 2.31. The molecule has 1 unspecified atom stereocenters. The average molecular weight is 737 g/mol. The van der Waals surface area contributed by atoms with Crippen molar-refractivity contribution in [3.63, 3.8) is 0 Å². The van der Waals surface area contributed by atoms with Gasteiger partial charge in [-0.2, -0.15) is 0 Å². The highest BCUT2D eigenvalue weighted by molar-refractivity contribution is 6.00. The quantitative estimate of drug-likeness (QED) is 0.203. The number of aromatic nitrogens is 2. The maximum absolute atomic E-state index is 13.2. The van der Waals surface area contributed by atoms with Crippen molar-refractivity contribution in [3.05, 3.63) is 81.8 Å². The Morgan fingerprint density at radius 2 is 1.65 bits per heavy atom. The molecule has 2 fully saturated rings. The summed E-state index contributed by atoms with van der Waals surface area (Å²) in [5, 5.41) is 2.37. The Balaban J connectivity index is 0.884. The van der Waals surface area contributed by atoms with Crippen molar-refractivity contribution >= 4 is 40.1 Å². The van der Waals surface area contributed by atoms with Crippen molar-refractivity contribution in [2.75, 3.05) is 50.1 Å². The number of ether oxygens (including phenoxy) is 2. The summed E-state index contributed by atoms with van der Waals surface area (Å²) in [6.07, 6.45) is 5.14. The number of amides is 3. The van der Waals surface area contributed by atoms with Gasteiger partial charge in [0.05, 0.1) is 37.2 Å². The summed E-state index contributed by atoms with van der Waals surface area (Å²) in [6.45, 7) is 8.65. The molecule has 12 nitrogen and oxygen atoms in total. The topological polar surface area (TPSA) is 118 Å². The molecule has 3 aromatic carbocycles. The van der Waals surface area contributed by atoms with Crippen LogP contribution in [-0.4, -0.2) is 78.2 Å². The fourth-order valence-electron chi connectivity index (χ4n) is 8.29. The molecule has 286 valence electrons. The van der Waals surface area contributed by atoms with E-state index in [0.29, 0.717) is 36.8 Å². The van der Waals surface area contributed by atoms with Crippen LogP contribution < -0.4 is 30.3 Å². The number of aryl methyl sites for hydroxylation is 2. The van der Waals surface area contributed by atoms with Gasteiger partial charge < -0.3 is 24.2 Å². The van der Waals surface area contributed by atoms with Gasteiger partial charge in [0.2, 0.25) is 17.7 Å². The van der Waals surface area contributed by atoms with Crippen LogP contribution in [0.4, 0.5) is 11.4 Å². The minimum atomic E-state index is -0.672. The molecule has 4 aromatic rings. The number of benzene rings is 3. The zero-order chi connectivity index (χ0) is 38.1. The van der Waals surface area contributed by atoms with E-state index in [4.69, 9.17) is 9.47 Å². The molecule has 2 saturated heterocycles. The number of carbonyl (C=O) groups is 3. The maximum Gasteiger partial charge on any atom is 0.329 e. The fraction of sp³-hybridized carbons (Fsp3) is 0.476. The Labute approximate surface area is 316 Å². The summed E-state index contributed by atoms with van der Waals surface area (Å²) in [6, 6.07) is 17.7. The molecule has 54 heavy (non-hydrogen) atoms. The minimum absolute atomic E-state index is 0.0193. The summed E-state index contributed by atoms with van der Waals surface area (Å²) in [4.78, 5) is 57.2. The second kappa shape index (κ2) is 15.7. The first-order valence-corrected chi connectivity index (χ1v) is 19.2. The molecule has 12 heteroatoms. The number of hydrogen-bond donors (Lipinski definition) is 1. The molecular weight excluding hydrogens is 684 g/mol. The lowest BCUT2D eigenvalue weighted by atomic mass is 9.95. The highest BCUT2D eigenvalue weighted by Crippen LogP contribution is 2.36. The van der Waals surface area contributed by atoms with Crippen LogP contribution in [0.15, 0.2) is 59.4 Å². The van der Waals surface area contributed by atoms with Crippen molar-refractivity contribution in [1.82, 2.24) is 19.4 Å². The van der Waals surface area contributed by atoms with Crippen LogP contribution in [0, 0.1) is 5.92 Å². The first kappa shape index (κ1) is 37.2. The van der Waals surface area contributed by atoms with Crippen LogP contribution in [0.5, 0.6) is 11.5 Å². The lowest BCUT2D eigenvalue weighted by Crippen LogP contribution is -2.44. The number of hydrogen-bond acceptors (Lipinski definition) is 8. The van der Waals surface area contributed by atoms with E-state index in [1.165, 1.54) is 10.1 Å². The molecule has 0 saturated carbocycles. The number of anilines is 2. The van der Waals surface area contributed by atoms with Gasteiger partial charge in [-0.15, -0.1) is 0 Å². The summed E-state index contributed by atoms with van der Waals surface area (Å²) in [7, 11) is 5.52. The van der Waals surface area contributed by atoms with Crippen LogP contribution in [0.25, 0.3) is 11.0 Å². The van der Waals surface area contributed by atoms with Gasteiger partial charge in [0.15, 0.2) is 11.5 Å². The SMILES string of the molecule is COc1cc2c(cc1OC(C)C)CN(c1ccc(N(C)CC3CCN(CCCc4ccc5c(c4)n(C)c(=O)n5C4CCC(=O)NC4=O)CC3)cc1)C(=O)C2. The Morgan fingerprint density at radius 1 is 0.907 bits per heavy atom. The van der Waals surface area contributed by atoms with Crippen LogP contribution in [-0.2, 0) is 40.8 Å². The van der Waals surface area contributed by atoms with Crippen LogP contribution in [0.1, 0.15) is 68.7 Å². The molecule has 1 atom stereocenters. The molecule has 1 N–H and O–H groups in total. The molecule has 0 bridgehead atoms. The molecule has 3 aliphatic heterocycles. The summed E-state index contributed by atoms with van der Waals surface area (Å²) < 4.78 is 14.7. The monoisotopic (exact) mass is 736 g/mol. The second-order valence-electron chi connectivity index (χ2n) is 15.4. The van der Waals surface area contributed by atoms with Crippen molar-refractivity contribution in [2.24, 2.45) is 13.0 Å². The molecule has 0 radical (unpaired) electrons. The van der Waals surface area contributed by atoms with E-state index in [1.54, 1.807) is 18.7 Å². The van der Waals surface area contributed by atoms with Crippen molar-refractivity contribution in [2.45, 2.75) is 77.5 Å². The van der Waals surface area contributed by atoms with E-state index in [9.17, 15) is 19.2 Å². The summed E-state index contributed by atoms with van der Waals surface area (Å²) in [5.74, 6) is 1.34. The van der Waals surface area contributed by atoms with Crippen molar-refractivity contribution in [3.8, 4) is 11.5 Å². The molecule has 3 amide bonds. The first-order chi connectivity index (χ1) is 26.0. The summed E-state index contributed by atoms with van der Waals surface area (Å²) in [5.41, 5.74) is 6.56. The van der Waals surface area contributed by atoms with E-state index < -0.39 is 11.9 Å². The largest absolute Gasteiger partial charge is 0.493 e. The summed E-state index contributed by atoms with van der Waals surface area (Å²) >= 11 is 0. The number of rotatable bonds is 12. The smallest absolute Gasteiger partial charge is 0.329 e. The lowest BCUT2D eigenvalue weighted by molar-refractivity contribution is -0.135. The van der Waals surface area contributed by atoms with Gasteiger partial charge in [0.25, 0.3) is 0 Å². The van der Waals surface area contributed by atoms with Crippen LogP contribution >= 0.6 is 0 Å². The predicted octanol–water partition coefficient (Wildman–Crippen LogP) is 4.98. The predicted molar refractivity (Wildman–Crippen MR) is 209 cm³/mol. The third-order valence-corrected chi connectivity index (χ3v) is 11.3. The Kier molecular flexibility index (Phi) is 10.8. The first-order valence-electron chi connectivity index (χ1n) is 19.2. The van der Waals surface area contributed by atoms with E-state index >= 15 is 0 Å². The number of carbonyl (C=O) groups excluding carboxylic acids is 3. The van der Waals surface area contributed by atoms with Crippen molar-refractivity contribution in [1.29, 1.82) is 0 Å². The number of nitrogens with one attached hydrogen (secondary N) is 1. The maximum atomic E-state index is 13.2. The fourth-order valence-corrected chi connectivity index (χ4v) is 8.29. The van der Waals surface area contributed by atoms with E-state index in [-0.39, 0.29) is 30.0 Å². The molecule has 0 spiro atoms. The third kappa shape index (κ3) is 7.75. The number of methoxy groups -OCH3 is 1. The molecule has 1 aromatic heterocycles. The van der Waals surface area contributed by atoms with E-state index in [0.717, 1.165) is 85.4 Å². The number of imidazole rings is 1. The average Bonchev–Trinajstić information content (AvgIpc) is 3.39. The Morgan fingerprint density at radius 3 is 2.35 bits per heavy atom. The molecule has 3 aliphatic rings. The number of nitrogens with zero attached hydrogens (tertiary/aromatic N) is 5. The Hall–Kier alpha value is -5.10. The zero-order valence-corrected chi connectivity index (χ0v) is 32.1. The van der Waals surface area contributed by atoms with Gasteiger partial charge in [0.1, 0.15) is 6.04 Å². The highest BCUT2D eigenvalue weighted by atomic mass is 16.5. The standard InChI is InChI=1S/C42H52N6O6/c1-27(2)54-38-23-31-26-47(40(50)24-30(31)22-37(38)53-5)33-11-9-32(10-12-33)44(3)25-29-16-19-46(20-17-29)18-6-7-28-8-13-34-36(21-28)45(4)42(52)48(34)35-14-15-39(49)43-41(35)51/h8-13,21-23,27,29,35H,6-7,14-20,24-26H2,1-5H3,(H,43,49,51). The van der Waals surface area contributed by atoms with Gasteiger partial charge in [-0.25, -0.2) is 4.79 Å². The van der Waals surface area contributed by atoms with Gasteiger partial charge in [0, 0.05) is 38.4 Å². The number of imide groups is 1. The lowest BCUT2D eigenvalue weighted by Gasteiger charge is -2.34. The molecule has 0 aliphatic carbocycles. The van der Waals surface area contributed by atoms with Gasteiger partial charge in [-0.1, -0.05) is 6.07 Å². The molecule has 7 rings (SSSR count). The third-order valence-electron chi connectivity index (χ3n) is 11.3. The molecular formula is C42H52N6O6. The molecule has 4 heterocycles. The number of fused-ring (bicyclic) bond motifs is 2. The normalized spacial score (nSPS) is 18.3. The van der Waals surface area contributed by atoms with Gasteiger partial charge in [-0.3, -0.25) is 28.8 Å². The minimum Gasteiger partial charge on any atom is -0.493 e. The van der Waals surface area contributed by atoms with Crippen LogP contribution in [0.3, 0.4) is 0 Å². The van der Waals surface area contributed by atoms with Crippen LogP contribution in [0.2, 0.25) is 0 Å². The van der Waals surface area contributed by atoms with E-state index in [1.807, 2.05) is 36.9 Å².